The molecular formula is C21H34IN3O3. The minimum Gasteiger partial charge on any atom is -0.469 e. The van der Waals surface area contributed by atoms with Gasteiger partial charge in [0.05, 0.1) is 19.0 Å². The van der Waals surface area contributed by atoms with Gasteiger partial charge < -0.3 is 24.5 Å². The first kappa shape index (κ1) is 21.9. The summed E-state index contributed by atoms with van der Waals surface area (Å²) in [6.45, 7) is 6.25. The van der Waals surface area contributed by atoms with E-state index in [1.54, 1.807) is 6.26 Å². The molecule has 1 spiro atoms. The number of guanidine groups is 1. The van der Waals surface area contributed by atoms with E-state index >= 15 is 0 Å². The van der Waals surface area contributed by atoms with E-state index in [0.717, 1.165) is 63.9 Å². The van der Waals surface area contributed by atoms with E-state index in [1.165, 1.54) is 19.3 Å². The van der Waals surface area contributed by atoms with Crippen LogP contribution in [0, 0.1) is 11.3 Å². The average molecular weight is 503 g/mol. The molecule has 2 saturated carbocycles. The van der Waals surface area contributed by atoms with Gasteiger partial charge in [-0.1, -0.05) is 6.42 Å². The summed E-state index contributed by atoms with van der Waals surface area (Å²) in [6.07, 6.45) is 9.06. The number of rotatable bonds is 8. The Labute approximate surface area is 185 Å². The number of halogens is 1. The fraction of sp³-hybridized carbons (Fsp3) is 0.762. The summed E-state index contributed by atoms with van der Waals surface area (Å²) >= 11 is 0. The van der Waals surface area contributed by atoms with Gasteiger partial charge in [-0.15, -0.1) is 24.0 Å². The van der Waals surface area contributed by atoms with E-state index in [0.29, 0.717) is 23.5 Å². The average Bonchev–Trinajstić information content (AvgIpc) is 3.30. The van der Waals surface area contributed by atoms with Crippen molar-refractivity contribution in [2.45, 2.75) is 57.6 Å². The monoisotopic (exact) mass is 503 g/mol. The summed E-state index contributed by atoms with van der Waals surface area (Å²) < 4.78 is 16.9. The molecule has 2 N–H and O–H groups in total. The zero-order chi connectivity index (χ0) is 18.5. The van der Waals surface area contributed by atoms with Gasteiger partial charge in [-0.25, -0.2) is 0 Å². The van der Waals surface area contributed by atoms with E-state index in [2.05, 4.69) is 17.6 Å². The van der Waals surface area contributed by atoms with Crippen molar-refractivity contribution in [1.29, 1.82) is 0 Å². The molecule has 6 nitrogen and oxygen atoms in total. The molecule has 7 heteroatoms. The summed E-state index contributed by atoms with van der Waals surface area (Å²) in [4.78, 5) is 4.88. The molecule has 28 heavy (non-hydrogen) atoms. The maximum Gasteiger partial charge on any atom is 0.191 e. The lowest BCUT2D eigenvalue weighted by Crippen LogP contribution is -2.68. The van der Waals surface area contributed by atoms with Crippen LogP contribution in [-0.4, -0.2) is 51.0 Å². The Morgan fingerprint density at radius 2 is 2.29 bits per heavy atom. The highest BCUT2D eigenvalue weighted by atomic mass is 127. The zero-order valence-corrected chi connectivity index (χ0v) is 19.2. The summed E-state index contributed by atoms with van der Waals surface area (Å²) in [6, 6.07) is 4.42. The standard InChI is InChI=1S/C21H33N3O3.HI/c1-2-26-19-13-18(21(19)8-4-9-21)24-20(23-14-16-7-12-25-15-16)22-10-6-17-5-3-11-27-17;/h3,5,11,16,18-19H,2,4,6-10,12-15H2,1H3,(H2,22,23,24);1H. The van der Waals surface area contributed by atoms with Crippen LogP contribution >= 0.6 is 24.0 Å². The number of hydrogen-bond acceptors (Lipinski definition) is 4. The quantitative estimate of drug-likeness (QED) is 0.324. The van der Waals surface area contributed by atoms with Crippen LogP contribution in [0.15, 0.2) is 27.8 Å². The first-order valence-electron chi connectivity index (χ1n) is 10.6. The Bertz CT molecular complexity index is 612. The van der Waals surface area contributed by atoms with Crippen molar-refractivity contribution < 1.29 is 13.9 Å². The molecular weight excluding hydrogens is 469 g/mol. The van der Waals surface area contributed by atoms with E-state index < -0.39 is 0 Å². The molecule has 158 valence electrons. The third-order valence-corrected chi connectivity index (χ3v) is 6.52. The molecule has 0 bridgehead atoms. The van der Waals surface area contributed by atoms with E-state index in [1.807, 2.05) is 12.1 Å². The number of nitrogens with zero attached hydrogens (tertiary/aromatic N) is 1. The second-order valence-corrected chi connectivity index (χ2v) is 8.14. The van der Waals surface area contributed by atoms with Crippen molar-refractivity contribution in [3.63, 3.8) is 0 Å². The largest absolute Gasteiger partial charge is 0.469 e. The van der Waals surface area contributed by atoms with Gasteiger partial charge in [0.15, 0.2) is 5.96 Å². The first-order valence-corrected chi connectivity index (χ1v) is 10.6. The molecule has 0 radical (unpaired) electrons. The van der Waals surface area contributed by atoms with Crippen LogP contribution in [0.25, 0.3) is 0 Å². The third-order valence-electron chi connectivity index (χ3n) is 6.52. The Morgan fingerprint density at radius 1 is 1.39 bits per heavy atom. The van der Waals surface area contributed by atoms with Crippen LogP contribution in [0.3, 0.4) is 0 Å². The molecule has 3 atom stereocenters. The van der Waals surface area contributed by atoms with Gasteiger partial charge in [0.1, 0.15) is 5.76 Å². The molecule has 1 aromatic heterocycles. The highest BCUT2D eigenvalue weighted by molar-refractivity contribution is 14.0. The summed E-state index contributed by atoms with van der Waals surface area (Å²) in [7, 11) is 0. The fourth-order valence-electron chi connectivity index (χ4n) is 4.66. The highest BCUT2D eigenvalue weighted by Gasteiger charge is 2.59. The summed E-state index contributed by atoms with van der Waals surface area (Å²) in [5.41, 5.74) is 0.329. The molecule has 3 aliphatic rings. The van der Waals surface area contributed by atoms with Crippen molar-refractivity contribution in [2.75, 3.05) is 32.9 Å². The van der Waals surface area contributed by atoms with Gasteiger partial charge in [0.2, 0.25) is 0 Å². The molecule has 1 saturated heterocycles. The summed E-state index contributed by atoms with van der Waals surface area (Å²) in [5, 5.41) is 7.24. The van der Waals surface area contributed by atoms with Crippen LogP contribution in [0.4, 0.5) is 0 Å². The minimum absolute atomic E-state index is 0. The SMILES string of the molecule is CCOC1CC(NC(=NCC2CCOC2)NCCc2ccco2)C12CCC2.I. The van der Waals surface area contributed by atoms with Gasteiger partial charge >= 0.3 is 0 Å². The van der Waals surface area contributed by atoms with E-state index in [9.17, 15) is 0 Å². The Balaban J connectivity index is 0.00000225. The molecule has 2 heterocycles. The molecule has 3 unspecified atom stereocenters. The molecule has 3 fully saturated rings. The molecule has 1 aliphatic heterocycles. The van der Waals surface area contributed by atoms with Gasteiger partial charge in [0, 0.05) is 50.1 Å². The lowest BCUT2D eigenvalue weighted by atomic mass is 9.51. The lowest BCUT2D eigenvalue weighted by molar-refractivity contribution is -0.168. The maximum atomic E-state index is 5.99. The van der Waals surface area contributed by atoms with Crippen molar-refractivity contribution in [3.05, 3.63) is 24.2 Å². The van der Waals surface area contributed by atoms with E-state index in [-0.39, 0.29) is 24.0 Å². The molecule has 4 rings (SSSR count). The topological polar surface area (TPSA) is 68.0 Å². The highest BCUT2D eigenvalue weighted by Crippen LogP contribution is 2.57. The second kappa shape index (κ2) is 10.3. The predicted octanol–water partition coefficient (Wildman–Crippen LogP) is 3.36. The number of hydrogen-bond donors (Lipinski definition) is 2. The van der Waals surface area contributed by atoms with Crippen molar-refractivity contribution in [1.82, 2.24) is 10.6 Å². The normalized spacial score (nSPS) is 28.3. The van der Waals surface area contributed by atoms with Crippen LogP contribution in [0.2, 0.25) is 0 Å². The Morgan fingerprint density at radius 3 is 2.93 bits per heavy atom. The third kappa shape index (κ3) is 4.84. The van der Waals surface area contributed by atoms with Crippen molar-refractivity contribution >= 4 is 29.9 Å². The van der Waals surface area contributed by atoms with Gasteiger partial charge in [0.25, 0.3) is 0 Å². The van der Waals surface area contributed by atoms with Crippen LogP contribution in [0.5, 0.6) is 0 Å². The van der Waals surface area contributed by atoms with Crippen LogP contribution in [-0.2, 0) is 15.9 Å². The first-order chi connectivity index (χ1) is 13.3. The Kier molecular flexibility index (Phi) is 8.05. The van der Waals surface area contributed by atoms with E-state index in [4.69, 9.17) is 18.9 Å². The summed E-state index contributed by atoms with van der Waals surface area (Å²) in [5.74, 6) is 2.48. The predicted molar refractivity (Wildman–Crippen MR) is 120 cm³/mol. The smallest absolute Gasteiger partial charge is 0.191 e. The lowest BCUT2D eigenvalue weighted by Gasteiger charge is -2.61. The molecule has 2 aliphatic carbocycles. The Hall–Kier alpha value is -0.800. The van der Waals surface area contributed by atoms with Gasteiger partial charge in [-0.2, -0.15) is 0 Å². The van der Waals surface area contributed by atoms with Gasteiger partial charge in [-0.05, 0) is 44.7 Å². The van der Waals surface area contributed by atoms with Gasteiger partial charge in [-0.3, -0.25) is 4.99 Å². The number of furan rings is 1. The molecule has 0 aromatic carbocycles. The zero-order valence-electron chi connectivity index (χ0n) is 16.8. The fourth-order valence-corrected chi connectivity index (χ4v) is 4.66. The second-order valence-electron chi connectivity index (χ2n) is 8.14. The van der Waals surface area contributed by atoms with Crippen molar-refractivity contribution in [2.24, 2.45) is 16.3 Å². The molecule has 1 aromatic rings. The maximum absolute atomic E-state index is 5.99. The number of nitrogens with one attached hydrogen (secondary N) is 2. The van der Waals surface area contributed by atoms with Crippen molar-refractivity contribution in [3.8, 4) is 0 Å². The molecule has 0 amide bonds. The minimum atomic E-state index is 0. The van der Waals surface area contributed by atoms with Crippen LogP contribution in [0.1, 0.15) is 44.8 Å². The number of aliphatic imine (C=N–C) groups is 1. The number of ether oxygens (including phenoxy) is 2. The van der Waals surface area contributed by atoms with Crippen LogP contribution < -0.4 is 10.6 Å².